The molecule has 1 aliphatic rings. The maximum Gasteiger partial charge on any atom is 0.0710 e. The number of likely N-dealkylation sites (tertiary alicyclic amines) is 1. The predicted octanol–water partition coefficient (Wildman–Crippen LogP) is 1.32. The summed E-state index contributed by atoms with van der Waals surface area (Å²) in [5.74, 6) is 1.49. The molecule has 0 saturated carbocycles. The van der Waals surface area contributed by atoms with Gasteiger partial charge in [-0.25, -0.2) is 0 Å². The summed E-state index contributed by atoms with van der Waals surface area (Å²) in [7, 11) is 1.80. The van der Waals surface area contributed by atoms with Gasteiger partial charge in [0.2, 0.25) is 0 Å². The first kappa shape index (κ1) is 9.01. The summed E-state index contributed by atoms with van der Waals surface area (Å²) < 4.78 is 5.27. The van der Waals surface area contributed by atoms with Gasteiger partial charge >= 0.3 is 0 Å². The molecule has 0 bridgehead atoms. The topological polar surface area (TPSA) is 12.5 Å². The minimum absolute atomic E-state index is 0.481. The van der Waals surface area contributed by atoms with Crippen molar-refractivity contribution in [1.82, 2.24) is 4.90 Å². The first-order chi connectivity index (χ1) is 5.22. The Bertz CT molecular complexity index is 114. The number of methoxy groups -OCH3 is 1. The number of rotatable bonds is 3. The van der Waals surface area contributed by atoms with E-state index in [1.807, 2.05) is 0 Å². The van der Waals surface area contributed by atoms with Crippen LogP contribution in [0.4, 0.5) is 0 Å². The van der Waals surface area contributed by atoms with Gasteiger partial charge in [0.05, 0.1) is 6.10 Å². The standard InChI is InChI=1S/C9H18NO/c1-8(2)6-10-5-4-9(7-10)11-3/h9H,4-7H2,1-3H3/t9-/m0/s1. The van der Waals surface area contributed by atoms with Crippen molar-refractivity contribution in [3.05, 3.63) is 5.92 Å². The molecule has 0 aliphatic carbocycles. The van der Waals surface area contributed by atoms with Gasteiger partial charge in [-0.2, -0.15) is 0 Å². The Kier molecular flexibility index (Phi) is 3.34. The summed E-state index contributed by atoms with van der Waals surface area (Å²) in [4.78, 5) is 2.45. The third-order valence-electron chi connectivity index (χ3n) is 2.10. The highest BCUT2D eigenvalue weighted by Gasteiger charge is 2.21. The molecule has 0 amide bonds. The highest BCUT2D eigenvalue weighted by molar-refractivity contribution is 4.86. The summed E-state index contributed by atoms with van der Waals surface area (Å²) in [5.41, 5.74) is 0. The number of hydrogen-bond acceptors (Lipinski definition) is 2. The largest absolute Gasteiger partial charge is 0.380 e. The van der Waals surface area contributed by atoms with E-state index in [9.17, 15) is 0 Å². The second-order valence-corrected chi connectivity index (χ2v) is 3.59. The van der Waals surface area contributed by atoms with Crippen LogP contribution in [0.25, 0.3) is 0 Å². The van der Waals surface area contributed by atoms with E-state index in [1.165, 1.54) is 18.9 Å². The smallest absolute Gasteiger partial charge is 0.0710 e. The average molecular weight is 156 g/mol. The third-order valence-corrected chi connectivity index (χ3v) is 2.10. The van der Waals surface area contributed by atoms with Gasteiger partial charge in [0.15, 0.2) is 0 Å². The maximum absolute atomic E-state index is 5.27. The maximum atomic E-state index is 5.27. The number of nitrogens with zero attached hydrogens (tertiary/aromatic N) is 1. The van der Waals surface area contributed by atoms with E-state index in [-0.39, 0.29) is 0 Å². The highest BCUT2D eigenvalue weighted by Crippen LogP contribution is 2.13. The summed E-state index contributed by atoms with van der Waals surface area (Å²) in [6.45, 7) is 7.81. The fraction of sp³-hybridized carbons (Fsp3) is 0.889. The Hall–Kier alpha value is -0.0800. The molecular weight excluding hydrogens is 138 g/mol. The van der Waals surface area contributed by atoms with Crippen molar-refractivity contribution in [3.63, 3.8) is 0 Å². The zero-order valence-electron chi connectivity index (χ0n) is 7.76. The average Bonchev–Trinajstić information content (AvgIpc) is 2.34. The molecule has 65 valence electrons. The lowest BCUT2D eigenvalue weighted by molar-refractivity contribution is 0.109. The second kappa shape index (κ2) is 4.07. The van der Waals surface area contributed by atoms with Crippen LogP contribution in [0.3, 0.4) is 0 Å². The quantitative estimate of drug-likeness (QED) is 0.611. The molecule has 1 atom stereocenters. The molecule has 1 aliphatic heterocycles. The molecule has 0 aromatic heterocycles. The lowest BCUT2D eigenvalue weighted by atomic mass is 10.2. The molecule has 1 saturated heterocycles. The number of ether oxygens (including phenoxy) is 1. The summed E-state index contributed by atoms with van der Waals surface area (Å²) in [6, 6.07) is 0. The van der Waals surface area contributed by atoms with Crippen molar-refractivity contribution in [1.29, 1.82) is 0 Å². The van der Waals surface area contributed by atoms with E-state index in [1.54, 1.807) is 7.11 Å². The SMILES string of the molecule is CO[C@H]1CCN(C[C](C)C)C1. The molecule has 1 fully saturated rings. The fourth-order valence-corrected chi connectivity index (χ4v) is 1.58. The lowest BCUT2D eigenvalue weighted by Gasteiger charge is -2.17. The molecule has 1 rings (SSSR count). The number of hydrogen-bond donors (Lipinski definition) is 0. The Morgan fingerprint density at radius 2 is 2.27 bits per heavy atom. The van der Waals surface area contributed by atoms with Crippen LogP contribution in [0.15, 0.2) is 0 Å². The van der Waals surface area contributed by atoms with Crippen molar-refractivity contribution >= 4 is 0 Å². The molecule has 0 aromatic carbocycles. The summed E-state index contributed by atoms with van der Waals surface area (Å²) >= 11 is 0. The van der Waals surface area contributed by atoms with Crippen LogP contribution in [0.1, 0.15) is 20.3 Å². The van der Waals surface area contributed by atoms with Crippen molar-refractivity contribution in [2.75, 3.05) is 26.7 Å². The molecule has 0 spiro atoms. The molecule has 2 heteroatoms. The minimum Gasteiger partial charge on any atom is -0.380 e. The minimum atomic E-state index is 0.481. The van der Waals surface area contributed by atoms with Crippen LogP contribution < -0.4 is 0 Å². The zero-order valence-corrected chi connectivity index (χ0v) is 7.76. The van der Waals surface area contributed by atoms with E-state index in [2.05, 4.69) is 18.7 Å². The van der Waals surface area contributed by atoms with Gasteiger partial charge in [0, 0.05) is 26.7 Å². The van der Waals surface area contributed by atoms with Gasteiger partial charge in [0.25, 0.3) is 0 Å². The fourth-order valence-electron chi connectivity index (χ4n) is 1.58. The molecule has 11 heavy (non-hydrogen) atoms. The van der Waals surface area contributed by atoms with Gasteiger partial charge < -0.3 is 9.64 Å². The van der Waals surface area contributed by atoms with Crippen LogP contribution in [0.5, 0.6) is 0 Å². The Morgan fingerprint density at radius 1 is 1.55 bits per heavy atom. The van der Waals surface area contributed by atoms with Gasteiger partial charge in [-0.1, -0.05) is 13.8 Å². The van der Waals surface area contributed by atoms with Crippen molar-refractivity contribution in [3.8, 4) is 0 Å². The van der Waals surface area contributed by atoms with E-state index in [4.69, 9.17) is 4.74 Å². The van der Waals surface area contributed by atoms with Crippen LogP contribution in [0.2, 0.25) is 0 Å². The van der Waals surface area contributed by atoms with E-state index in [0.717, 1.165) is 13.1 Å². The van der Waals surface area contributed by atoms with Gasteiger partial charge in [-0.3, -0.25) is 0 Å². The first-order valence-electron chi connectivity index (χ1n) is 4.26. The van der Waals surface area contributed by atoms with Crippen molar-refractivity contribution < 1.29 is 4.74 Å². The normalized spacial score (nSPS) is 26.7. The molecule has 0 unspecified atom stereocenters. The lowest BCUT2D eigenvalue weighted by Crippen LogP contribution is -2.26. The van der Waals surface area contributed by atoms with Crippen LogP contribution >= 0.6 is 0 Å². The van der Waals surface area contributed by atoms with Gasteiger partial charge in [-0.05, 0) is 12.3 Å². The molecule has 0 N–H and O–H groups in total. The zero-order chi connectivity index (χ0) is 8.27. The van der Waals surface area contributed by atoms with E-state index >= 15 is 0 Å². The monoisotopic (exact) mass is 156 g/mol. The third kappa shape index (κ3) is 2.80. The Balaban J connectivity index is 2.19. The summed E-state index contributed by atoms with van der Waals surface area (Å²) in [5, 5.41) is 0. The van der Waals surface area contributed by atoms with Crippen LogP contribution in [0, 0.1) is 5.92 Å². The van der Waals surface area contributed by atoms with Crippen LogP contribution in [-0.4, -0.2) is 37.7 Å². The molecular formula is C9H18NO. The Morgan fingerprint density at radius 3 is 2.73 bits per heavy atom. The molecule has 0 aromatic rings. The van der Waals surface area contributed by atoms with Crippen molar-refractivity contribution in [2.24, 2.45) is 0 Å². The van der Waals surface area contributed by atoms with Gasteiger partial charge in [0.1, 0.15) is 0 Å². The van der Waals surface area contributed by atoms with E-state index in [0.29, 0.717) is 6.10 Å². The summed E-state index contributed by atoms with van der Waals surface area (Å²) in [6.07, 6.45) is 1.68. The van der Waals surface area contributed by atoms with Gasteiger partial charge in [-0.15, -0.1) is 0 Å². The van der Waals surface area contributed by atoms with Crippen LogP contribution in [-0.2, 0) is 4.74 Å². The predicted molar refractivity (Wildman–Crippen MR) is 46.4 cm³/mol. The molecule has 2 nitrogen and oxygen atoms in total. The van der Waals surface area contributed by atoms with E-state index < -0.39 is 0 Å². The first-order valence-corrected chi connectivity index (χ1v) is 4.26. The second-order valence-electron chi connectivity index (χ2n) is 3.59. The molecule has 1 heterocycles. The highest BCUT2D eigenvalue weighted by atomic mass is 16.5. The molecule has 1 radical (unpaired) electrons. The Labute approximate surface area is 69.5 Å². The van der Waals surface area contributed by atoms with Crippen molar-refractivity contribution in [2.45, 2.75) is 26.4 Å².